The molecule has 12 N–H and O–H groups in total. The molecule has 2 atom stereocenters. The van der Waals surface area contributed by atoms with Gasteiger partial charge in [-0.15, -0.1) is 0 Å². The maximum absolute atomic E-state index is 11.7. The van der Waals surface area contributed by atoms with Crippen LogP contribution in [0.3, 0.4) is 0 Å². The molecule has 13 aromatic rings. The van der Waals surface area contributed by atoms with Crippen LogP contribution in [0.2, 0.25) is 0 Å². The molecule has 0 saturated heterocycles. The molecule has 103 heavy (non-hydrogen) atoms. The van der Waals surface area contributed by atoms with Gasteiger partial charge in [0.25, 0.3) is 54.3 Å². The molecular weight excluding hydrogens is 1300 g/mol. The highest BCUT2D eigenvalue weighted by atomic mass is 16.2. The molecule has 0 saturated carbocycles. The lowest BCUT2D eigenvalue weighted by atomic mass is 9.85. The molecule has 0 fully saturated rings. The van der Waals surface area contributed by atoms with E-state index < -0.39 is 54.3 Å². The zero-order valence-electron chi connectivity index (χ0n) is 59.8. The second-order valence-corrected chi connectivity index (χ2v) is 29.5. The maximum atomic E-state index is 11.7. The Labute approximate surface area is 593 Å². The third-order valence-corrected chi connectivity index (χ3v) is 19.0. The van der Waals surface area contributed by atoms with Crippen LogP contribution in [0.5, 0.6) is 0 Å². The second-order valence-electron chi connectivity index (χ2n) is 29.5. The lowest BCUT2D eigenvalue weighted by Gasteiger charge is -2.28. The first kappa shape index (κ1) is 72.8. The van der Waals surface area contributed by atoms with Crippen molar-refractivity contribution in [2.45, 2.75) is 146 Å². The number of hydrogen-bond donors (Lipinski definition) is 7. The topological polar surface area (TPSA) is 365 Å². The lowest BCUT2D eigenvalue weighted by molar-refractivity contribution is 0.595. The van der Waals surface area contributed by atoms with E-state index in [2.05, 4.69) is 151 Å². The summed E-state index contributed by atoms with van der Waals surface area (Å²) in [6.07, 6.45) is 15.2. The van der Waals surface area contributed by atoms with Crippen molar-refractivity contribution in [2.24, 2.45) is 29.6 Å². The molecule has 22 heteroatoms. The lowest BCUT2D eigenvalue weighted by Crippen LogP contribution is -2.38. The second kappa shape index (κ2) is 29.6. The number of fused-ring (bicyclic) bond motifs is 5. The van der Waals surface area contributed by atoms with Crippen molar-refractivity contribution in [2.75, 3.05) is 39.3 Å². The number of nitrogens with zero attached hydrogens (tertiary/aromatic N) is 5. The van der Waals surface area contributed by atoms with E-state index in [0.717, 1.165) is 96.9 Å². The van der Waals surface area contributed by atoms with Gasteiger partial charge in [0.05, 0.1) is 34.8 Å². The first-order valence-corrected chi connectivity index (χ1v) is 35.2. The van der Waals surface area contributed by atoms with E-state index in [9.17, 15) is 47.9 Å². The Bertz CT molecular complexity index is 5600. The Morgan fingerprint density at radius 2 is 0.816 bits per heavy atom. The van der Waals surface area contributed by atoms with Gasteiger partial charge in [-0.25, -0.2) is 9.36 Å². The smallest absolute Gasteiger partial charge is 0.255 e. The van der Waals surface area contributed by atoms with Crippen molar-refractivity contribution >= 4 is 72.5 Å². The normalized spacial score (nSPS) is 14.2. The quantitative estimate of drug-likeness (QED) is 0.0417. The summed E-state index contributed by atoms with van der Waals surface area (Å²) in [5, 5.41) is 17.8. The van der Waals surface area contributed by atoms with Crippen LogP contribution >= 0.6 is 0 Å². The third-order valence-electron chi connectivity index (χ3n) is 19.0. The third kappa shape index (κ3) is 14.9. The highest BCUT2D eigenvalue weighted by Crippen LogP contribution is 2.37. The van der Waals surface area contributed by atoms with Crippen molar-refractivity contribution in [3.05, 3.63) is 268 Å². The summed E-state index contributed by atoms with van der Waals surface area (Å²) in [5.41, 5.74) is 37.8. The van der Waals surface area contributed by atoms with Crippen LogP contribution < -0.4 is 93.6 Å². The molecule has 0 bridgehead atoms. The van der Waals surface area contributed by atoms with E-state index in [1.54, 1.807) is 23.2 Å². The number of nitrogen functional groups attached to an aromatic ring is 5. The number of aryl methyl sites for hydroxylation is 2. The van der Waals surface area contributed by atoms with Crippen LogP contribution in [0.1, 0.15) is 151 Å². The van der Waals surface area contributed by atoms with E-state index >= 15 is 0 Å². The fourth-order valence-corrected chi connectivity index (χ4v) is 13.9. The average molecular weight is 1390 g/mol. The van der Waals surface area contributed by atoms with Gasteiger partial charge in [0.15, 0.2) is 0 Å². The standard InChI is InChI=1S/C18H22N2O2.C17H20N2O2.C16H16N2O2.2C15H15N3O2/c1-10(2)8-11-6-7-12-4-3-5-14(13(12)9-11)20-16-15(19)17(21)18(16)22;1-9(2)7-10-3-4-11-5-6-13(12(11)8-10)19-15-14(18)16(20)17(15)21;1-9(2)7-10-3-4-11-5-6-18(12(11)8-10)14-13(17)15(19)16(14)20;1-8(2)5-9-3-4-10-7-18(17-11(10)6-9)13-12(16)14(19)15(13)20;1-8(2)5-9-3-4-10-7-17-18(11(10)6-9)13-12(16)14(19)15(13)20/h6-7,9-10,14,20H,3-5,8,19H2,1-2H3;3-4,8-9,13,19H,5-7,18H2,1-2H3;3-6,8-9H,7,17H2,1-2H3;2*3-4,6-8H,5,16H2,1-2H3. The SMILES string of the molecule is CC(C)Cc1ccc2c(c1)C(Nc1c(N)c(=O)c1=O)CC2.CC(C)Cc1ccc2c(c1)C(Nc1c(N)c(=O)c1=O)CCC2.CC(C)Cc1ccc2ccn(-c3c(N)c(=O)c3=O)c2c1.CC(C)Cc1ccc2cn(-c3c(N)c(=O)c3=O)nc2c1.CC(C)Cc1ccc2cnn(-c3c(N)c(=O)c3=O)c2c1. The fourth-order valence-electron chi connectivity index (χ4n) is 13.9. The zero-order chi connectivity index (χ0) is 74.3. The van der Waals surface area contributed by atoms with Crippen molar-refractivity contribution < 1.29 is 0 Å². The monoisotopic (exact) mass is 1390 g/mol. The van der Waals surface area contributed by atoms with Gasteiger partial charge < -0.3 is 43.9 Å². The number of benzene rings is 5. The zero-order valence-corrected chi connectivity index (χ0v) is 59.8. The predicted octanol–water partition coefficient (Wildman–Crippen LogP) is 9.53. The Kier molecular flexibility index (Phi) is 21.0. The summed E-state index contributed by atoms with van der Waals surface area (Å²) in [6, 6.07) is 33.6. The Balaban J connectivity index is 0.000000129. The first-order chi connectivity index (χ1) is 48.9. The van der Waals surface area contributed by atoms with Gasteiger partial charge in [0.2, 0.25) is 0 Å². The van der Waals surface area contributed by atoms with Crippen LogP contribution in [-0.4, -0.2) is 24.1 Å². The van der Waals surface area contributed by atoms with E-state index in [1.165, 1.54) is 59.4 Å². The summed E-state index contributed by atoms with van der Waals surface area (Å²) < 4.78 is 4.60. The van der Waals surface area contributed by atoms with Crippen molar-refractivity contribution in [3.8, 4) is 17.1 Å². The van der Waals surface area contributed by atoms with Gasteiger partial charge in [-0.1, -0.05) is 142 Å². The maximum Gasteiger partial charge on any atom is 0.255 e. The van der Waals surface area contributed by atoms with Crippen LogP contribution in [-0.2, 0) is 44.9 Å². The van der Waals surface area contributed by atoms with Crippen LogP contribution in [0, 0.1) is 29.6 Å². The molecule has 10 aromatic carbocycles. The summed E-state index contributed by atoms with van der Waals surface area (Å²) in [7, 11) is 0. The van der Waals surface area contributed by atoms with Gasteiger partial charge in [0, 0.05) is 23.2 Å². The molecule has 0 amide bonds. The van der Waals surface area contributed by atoms with Gasteiger partial charge in [-0.2, -0.15) is 10.2 Å². The number of nitrogens with one attached hydrogen (secondary N) is 2. The molecule has 15 rings (SSSR count). The van der Waals surface area contributed by atoms with E-state index in [1.807, 2.05) is 36.4 Å². The summed E-state index contributed by atoms with van der Waals surface area (Å²) >= 11 is 0. The first-order valence-electron chi connectivity index (χ1n) is 35.2. The highest BCUT2D eigenvalue weighted by molar-refractivity contribution is 5.86. The molecule has 0 spiro atoms. The minimum absolute atomic E-state index is 0.00531. The number of aromatic nitrogens is 5. The molecule has 0 radical (unpaired) electrons. The number of rotatable bonds is 17. The summed E-state index contributed by atoms with van der Waals surface area (Å²) in [5.74, 6) is 2.89. The average Bonchev–Trinajstić information content (AvgIpc) is 1.72. The molecule has 0 aliphatic heterocycles. The Hall–Kier alpha value is -11.4. The Morgan fingerprint density at radius 3 is 1.30 bits per heavy atom. The van der Waals surface area contributed by atoms with Gasteiger partial charge in [0.1, 0.15) is 56.9 Å². The molecule has 3 aromatic heterocycles. The van der Waals surface area contributed by atoms with Crippen LogP contribution in [0.4, 0.5) is 39.8 Å². The number of nitrogens with two attached hydrogens (primary N) is 5. The van der Waals surface area contributed by atoms with Crippen molar-refractivity contribution in [1.82, 2.24) is 24.1 Å². The largest absolute Gasteiger partial charge is 0.394 e. The fraction of sp³-hybridized carbons (Fsp3) is 0.333. The van der Waals surface area contributed by atoms with E-state index in [4.69, 9.17) is 28.7 Å². The molecule has 2 unspecified atom stereocenters. The molecule has 3 heterocycles. The summed E-state index contributed by atoms with van der Waals surface area (Å²) in [6.45, 7) is 21.8. The highest BCUT2D eigenvalue weighted by Gasteiger charge is 2.30. The van der Waals surface area contributed by atoms with Crippen molar-refractivity contribution in [3.63, 3.8) is 0 Å². The molecular formula is C81H88N12O10. The van der Waals surface area contributed by atoms with E-state index in [0.29, 0.717) is 46.7 Å². The minimum atomic E-state index is -0.625. The minimum Gasteiger partial charge on any atom is -0.394 e. The summed E-state index contributed by atoms with van der Waals surface area (Å²) in [4.78, 5) is 114. The predicted molar refractivity (Wildman–Crippen MR) is 415 cm³/mol. The van der Waals surface area contributed by atoms with Crippen LogP contribution in [0.25, 0.3) is 49.8 Å². The van der Waals surface area contributed by atoms with Gasteiger partial charge in [-0.05, 0) is 174 Å². The van der Waals surface area contributed by atoms with Crippen LogP contribution in [0.15, 0.2) is 164 Å². The number of anilines is 7. The number of hydrogen-bond acceptors (Lipinski definition) is 19. The van der Waals surface area contributed by atoms with Gasteiger partial charge >= 0.3 is 0 Å². The molecule has 2 aliphatic rings. The molecule has 2 aliphatic carbocycles. The Morgan fingerprint density at radius 1 is 0.408 bits per heavy atom. The molecule has 22 nitrogen and oxygen atoms in total. The van der Waals surface area contributed by atoms with Gasteiger partial charge in [-0.3, -0.25) is 47.9 Å². The van der Waals surface area contributed by atoms with Crippen molar-refractivity contribution in [1.29, 1.82) is 0 Å². The van der Waals surface area contributed by atoms with E-state index in [-0.39, 0.29) is 51.9 Å². The molecule has 532 valence electrons.